The van der Waals surface area contributed by atoms with E-state index in [2.05, 4.69) is 47.7 Å². The molecular formula is C16H16N2. The van der Waals surface area contributed by atoms with E-state index in [9.17, 15) is 0 Å². The minimum Gasteiger partial charge on any atom is -0.265 e. The highest BCUT2D eigenvalue weighted by atomic mass is 14.7. The van der Waals surface area contributed by atoms with Crippen LogP contribution in [0.25, 0.3) is 11.3 Å². The molecule has 0 bridgehead atoms. The van der Waals surface area contributed by atoms with Gasteiger partial charge in [-0.05, 0) is 32.0 Å². The van der Waals surface area contributed by atoms with Gasteiger partial charge in [-0.3, -0.25) is 9.98 Å². The van der Waals surface area contributed by atoms with Gasteiger partial charge in [0.25, 0.3) is 0 Å². The number of rotatable bonds is 3. The SMILES string of the molecule is C=CN=Cc1ccc(-c2cccc(C)c2)nc1C. The van der Waals surface area contributed by atoms with Gasteiger partial charge in [0.15, 0.2) is 0 Å². The van der Waals surface area contributed by atoms with E-state index in [1.165, 1.54) is 11.8 Å². The number of benzene rings is 1. The molecule has 0 saturated carbocycles. The van der Waals surface area contributed by atoms with Crippen LogP contribution in [0.4, 0.5) is 0 Å². The van der Waals surface area contributed by atoms with Crippen molar-refractivity contribution in [3.8, 4) is 11.3 Å². The van der Waals surface area contributed by atoms with Crippen molar-refractivity contribution in [2.24, 2.45) is 4.99 Å². The van der Waals surface area contributed by atoms with Crippen LogP contribution in [-0.4, -0.2) is 11.2 Å². The fourth-order valence-corrected chi connectivity index (χ4v) is 1.81. The number of aromatic nitrogens is 1. The second-order valence-electron chi connectivity index (χ2n) is 4.20. The molecule has 0 saturated heterocycles. The maximum Gasteiger partial charge on any atom is 0.0705 e. The van der Waals surface area contributed by atoms with E-state index in [1.807, 2.05) is 19.1 Å². The molecule has 0 unspecified atom stereocenters. The summed E-state index contributed by atoms with van der Waals surface area (Å²) in [5.41, 5.74) is 5.37. The standard InChI is InChI=1S/C16H16N2/c1-4-17-11-15-8-9-16(18-13(15)3)14-7-5-6-12(2)10-14/h4-11H,1H2,2-3H3. The van der Waals surface area contributed by atoms with E-state index >= 15 is 0 Å². The van der Waals surface area contributed by atoms with Gasteiger partial charge in [-0.1, -0.05) is 30.3 Å². The van der Waals surface area contributed by atoms with Crippen LogP contribution in [0.5, 0.6) is 0 Å². The molecule has 0 amide bonds. The Hall–Kier alpha value is -2.22. The monoisotopic (exact) mass is 236 g/mol. The second-order valence-corrected chi connectivity index (χ2v) is 4.20. The summed E-state index contributed by atoms with van der Waals surface area (Å²) >= 11 is 0. The number of nitrogens with zero attached hydrogens (tertiary/aromatic N) is 2. The number of aliphatic imine (C=N–C) groups is 1. The zero-order chi connectivity index (χ0) is 13.0. The van der Waals surface area contributed by atoms with E-state index < -0.39 is 0 Å². The van der Waals surface area contributed by atoms with Crippen LogP contribution < -0.4 is 0 Å². The average Bonchev–Trinajstić information content (AvgIpc) is 2.37. The topological polar surface area (TPSA) is 25.2 Å². The zero-order valence-corrected chi connectivity index (χ0v) is 10.7. The Kier molecular flexibility index (Phi) is 3.68. The summed E-state index contributed by atoms with van der Waals surface area (Å²) in [4.78, 5) is 8.63. The molecule has 0 spiro atoms. The third-order valence-corrected chi connectivity index (χ3v) is 2.76. The van der Waals surface area contributed by atoms with Crippen molar-refractivity contribution in [2.75, 3.05) is 0 Å². The molecule has 2 rings (SSSR count). The summed E-state index contributed by atoms with van der Waals surface area (Å²) in [5.74, 6) is 0. The van der Waals surface area contributed by atoms with Crippen molar-refractivity contribution in [3.05, 3.63) is 66.0 Å². The van der Waals surface area contributed by atoms with Crippen molar-refractivity contribution in [1.29, 1.82) is 0 Å². The van der Waals surface area contributed by atoms with Gasteiger partial charge >= 0.3 is 0 Å². The first kappa shape index (κ1) is 12.2. The lowest BCUT2D eigenvalue weighted by Crippen LogP contribution is -1.93. The normalized spacial score (nSPS) is 10.8. The summed E-state index contributed by atoms with van der Waals surface area (Å²) in [6.45, 7) is 7.64. The van der Waals surface area contributed by atoms with Crippen molar-refractivity contribution < 1.29 is 0 Å². The largest absolute Gasteiger partial charge is 0.265 e. The molecule has 1 aromatic carbocycles. The Morgan fingerprint density at radius 3 is 2.67 bits per heavy atom. The quantitative estimate of drug-likeness (QED) is 0.741. The van der Waals surface area contributed by atoms with Crippen LogP contribution in [-0.2, 0) is 0 Å². The summed E-state index contributed by atoms with van der Waals surface area (Å²) < 4.78 is 0. The molecular weight excluding hydrogens is 220 g/mol. The first-order valence-corrected chi connectivity index (χ1v) is 5.89. The molecule has 2 aromatic rings. The Bertz CT molecular complexity index is 598. The first-order chi connectivity index (χ1) is 8.70. The number of aryl methyl sites for hydroxylation is 2. The number of pyridine rings is 1. The molecule has 0 N–H and O–H groups in total. The third-order valence-electron chi connectivity index (χ3n) is 2.76. The van der Waals surface area contributed by atoms with Crippen LogP contribution in [0.3, 0.4) is 0 Å². The van der Waals surface area contributed by atoms with Crippen LogP contribution in [0.1, 0.15) is 16.8 Å². The predicted molar refractivity (Wildman–Crippen MR) is 76.9 cm³/mol. The molecule has 0 aliphatic heterocycles. The lowest BCUT2D eigenvalue weighted by Gasteiger charge is -2.05. The van der Waals surface area contributed by atoms with Gasteiger partial charge in [-0.25, -0.2) is 0 Å². The van der Waals surface area contributed by atoms with Crippen molar-refractivity contribution in [1.82, 2.24) is 4.98 Å². The van der Waals surface area contributed by atoms with Crippen LogP contribution in [0.2, 0.25) is 0 Å². The minimum absolute atomic E-state index is 0.972. The van der Waals surface area contributed by atoms with Crippen molar-refractivity contribution in [2.45, 2.75) is 13.8 Å². The molecule has 1 heterocycles. The molecule has 0 radical (unpaired) electrons. The van der Waals surface area contributed by atoms with Gasteiger partial charge in [0.2, 0.25) is 0 Å². The summed E-state index contributed by atoms with van der Waals surface area (Å²) in [6.07, 6.45) is 3.29. The third kappa shape index (κ3) is 2.72. The van der Waals surface area contributed by atoms with Crippen molar-refractivity contribution >= 4 is 6.21 Å². The highest BCUT2D eigenvalue weighted by Gasteiger charge is 2.02. The Morgan fingerprint density at radius 1 is 1.17 bits per heavy atom. The number of hydrogen-bond donors (Lipinski definition) is 0. The Balaban J connectivity index is 2.40. The van der Waals surface area contributed by atoms with Gasteiger partial charge in [-0.2, -0.15) is 0 Å². The summed E-state index contributed by atoms with van der Waals surface area (Å²) in [5, 5.41) is 0. The summed E-state index contributed by atoms with van der Waals surface area (Å²) in [7, 11) is 0. The molecule has 2 nitrogen and oxygen atoms in total. The van der Waals surface area contributed by atoms with Gasteiger partial charge in [0.1, 0.15) is 0 Å². The van der Waals surface area contributed by atoms with Gasteiger partial charge in [0, 0.05) is 29.2 Å². The molecule has 1 aromatic heterocycles. The lowest BCUT2D eigenvalue weighted by atomic mass is 10.1. The molecule has 2 heteroatoms. The number of hydrogen-bond acceptors (Lipinski definition) is 2. The Labute approximate surface area is 108 Å². The van der Waals surface area contributed by atoms with Crippen LogP contribution in [0.15, 0.2) is 54.2 Å². The lowest BCUT2D eigenvalue weighted by molar-refractivity contribution is 1.19. The molecule has 0 atom stereocenters. The second kappa shape index (κ2) is 5.41. The smallest absolute Gasteiger partial charge is 0.0705 e. The maximum atomic E-state index is 4.61. The molecule has 18 heavy (non-hydrogen) atoms. The van der Waals surface area contributed by atoms with Gasteiger partial charge < -0.3 is 0 Å². The predicted octanol–water partition coefficient (Wildman–Crippen LogP) is 3.93. The van der Waals surface area contributed by atoms with Crippen molar-refractivity contribution in [3.63, 3.8) is 0 Å². The zero-order valence-electron chi connectivity index (χ0n) is 10.7. The Morgan fingerprint density at radius 2 is 2.00 bits per heavy atom. The molecule has 0 aliphatic rings. The highest BCUT2D eigenvalue weighted by molar-refractivity contribution is 5.82. The summed E-state index contributed by atoms with van der Waals surface area (Å²) in [6, 6.07) is 12.4. The molecule has 0 fully saturated rings. The van der Waals surface area contributed by atoms with Crippen LogP contribution >= 0.6 is 0 Å². The van der Waals surface area contributed by atoms with Gasteiger partial charge in [-0.15, -0.1) is 0 Å². The molecule has 90 valence electrons. The molecule has 0 aliphatic carbocycles. The van der Waals surface area contributed by atoms with Crippen LogP contribution in [0, 0.1) is 13.8 Å². The van der Waals surface area contributed by atoms with E-state index in [4.69, 9.17) is 0 Å². The average molecular weight is 236 g/mol. The highest BCUT2D eigenvalue weighted by Crippen LogP contribution is 2.19. The van der Waals surface area contributed by atoms with E-state index in [1.54, 1.807) is 6.21 Å². The fourth-order valence-electron chi connectivity index (χ4n) is 1.81. The van der Waals surface area contributed by atoms with E-state index in [-0.39, 0.29) is 0 Å². The fraction of sp³-hybridized carbons (Fsp3) is 0.125. The van der Waals surface area contributed by atoms with E-state index in [0.29, 0.717) is 0 Å². The minimum atomic E-state index is 0.972. The maximum absolute atomic E-state index is 4.61. The van der Waals surface area contributed by atoms with Gasteiger partial charge in [0.05, 0.1) is 5.69 Å². The first-order valence-electron chi connectivity index (χ1n) is 5.89. The van der Waals surface area contributed by atoms with E-state index in [0.717, 1.165) is 22.5 Å².